The highest BCUT2D eigenvalue weighted by molar-refractivity contribution is 6.27. The summed E-state index contributed by atoms with van der Waals surface area (Å²) in [4.78, 5) is 9.65. The number of hydrogen-bond acceptors (Lipinski definition) is 2. The Morgan fingerprint density at radius 2 is 1.30 bits per heavy atom. The van der Waals surface area contributed by atoms with Crippen LogP contribution in [0.15, 0.2) is 164 Å². The molecule has 5 nitrogen and oxygen atoms in total. The first-order chi connectivity index (χ1) is 23.3. The van der Waals surface area contributed by atoms with E-state index in [2.05, 4.69) is 164 Å². The molecular weight excluding hydrogens is 574 g/mol. The van der Waals surface area contributed by atoms with Gasteiger partial charge in [0.2, 0.25) is 0 Å². The summed E-state index contributed by atoms with van der Waals surface area (Å²) in [6.07, 6.45) is 5.84. The third kappa shape index (κ3) is 3.83. The van der Waals surface area contributed by atoms with E-state index in [1.807, 2.05) is 12.3 Å². The third-order valence-corrected chi connectivity index (χ3v) is 9.34. The lowest BCUT2D eigenvalue weighted by Crippen LogP contribution is -1.99. The molecule has 5 heterocycles. The van der Waals surface area contributed by atoms with Gasteiger partial charge in [0.1, 0.15) is 5.82 Å². The lowest BCUT2D eigenvalue weighted by atomic mass is 10.1. The molecule has 0 bridgehead atoms. The number of hydrogen-bond donors (Lipinski definition) is 0. The summed E-state index contributed by atoms with van der Waals surface area (Å²) in [5.41, 5.74) is 9.95. The largest absolute Gasteiger partial charge is 0.317 e. The SMILES string of the molecule is c1ccc(-n2ccc3cc4c(cc32)c2ccc3c(c5ccccc5n3-c3ccccc3)c2n4-c2cccc(-c3cccnc3)n2)cc1. The normalized spacial score (nSPS) is 11.8. The predicted molar refractivity (Wildman–Crippen MR) is 193 cm³/mol. The number of nitrogens with zero attached hydrogens (tertiary/aromatic N) is 5. The minimum Gasteiger partial charge on any atom is -0.317 e. The molecule has 0 aliphatic rings. The van der Waals surface area contributed by atoms with Crippen molar-refractivity contribution in [2.24, 2.45) is 0 Å². The number of para-hydroxylation sites is 3. The Morgan fingerprint density at radius 3 is 2.13 bits per heavy atom. The lowest BCUT2D eigenvalue weighted by molar-refractivity contribution is 1.09. The summed E-state index contributed by atoms with van der Waals surface area (Å²) in [5.74, 6) is 0.872. The van der Waals surface area contributed by atoms with Crippen molar-refractivity contribution >= 4 is 54.5 Å². The van der Waals surface area contributed by atoms with Crippen LogP contribution < -0.4 is 0 Å². The number of benzene rings is 5. The average molecular weight is 602 g/mol. The molecule has 5 aromatic heterocycles. The van der Waals surface area contributed by atoms with Crippen LogP contribution in [-0.4, -0.2) is 23.7 Å². The Kier molecular flexibility index (Phi) is 5.51. The number of aromatic nitrogens is 5. The summed E-state index contributed by atoms with van der Waals surface area (Å²) in [7, 11) is 0. The quantitative estimate of drug-likeness (QED) is 0.201. The highest BCUT2D eigenvalue weighted by atomic mass is 15.1. The van der Waals surface area contributed by atoms with Crippen LogP contribution in [0.4, 0.5) is 0 Å². The molecule has 5 heteroatoms. The molecule has 0 atom stereocenters. The van der Waals surface area contributed by atoms with Crippen LogP contribution in [0.3, 0.4) is 0 Å². The van der Waals surface area contributed by atoms with Gasteiger partial charge in [-0.1, -0.05) is 66.7 Å². The first-order valence-corrected chi connectivity index (χ1v) is 15.8. The van der Waals surface area contributed by atoms with Crippen molar-refractivity contribution in [2.75, 3.05) is 0 Å². The van der Waals surface area contributed by atoms with Gasteiger partial charge in [0.15, 0.2) is 0 Å². The highest BCUT2D eigenvalue weighted by Gasteiger charge is 2.22. The first-order valence-electron chi connectivity index (χ1n) is 15.8. The van der Waals surface area contributed by atoms with Gasteiger partial charge in [-0.2, -0.15) is 0 Å². The zero-order chi connectivity index (χ0) is 30.9. The van der Waals surface area contributed by atoms with E-state index in [9.17, 15) is 0 Å². The number of fused-ring (bicyclic) bond motifs is 8. The molecule has 0 spiro atoms. The van der Waals surface area contributed by atoms with Crippen LogP contribution in [0.5, 0.6) is 0 Å². The lowest BCUT2D eigenvalue weighted by Gasteiger charge is -2.11. The second-order valence-electron chi connectivity index (χ2n) is 12.0. The van der Waals surface area contributed by atoms with Crippen LogP contribution in [0.25, 0.3) is 83.0 Å². The summed E-state index contributed by atoms with van der Waals surface area (Å²) in [6.45, 7) is 0. The molecule has 220 valence electrons. The Morgan fingerprint density at radius 1 is 0.489 bits per heavy atom. The molecule has 5 aromatic carbocycles. The average Bonchev–Trinajstić information content (AvgIpc) is 3.81. The smallest absolute Gasteiger partial charge is 0.138 e. The molecule has 0 aliphatic carbocycles. The number of pyridine rings is 2. The van der Waals surface area contributed by atoms with Gasteiger partial charge in [-0.25, -0.2) is 4.98 Å². The topological polar surface area (TPSA) is 40.6 Å². The molecule has 10 aromatic rings. The van der Waals surface area contributed by atoms with Gasteiger partial charge in [-0.3, -0.25) is 9.55 Å². The maximum absolute atomic E-state index is 5.28. The van der Waals surface area contributed by atoms with Crippen LogP contribution >= 0.6 is 0 Å². The molecule has 0 radical (unpaired) electrons. The van der Waals surface area contributed by atoms with Crippen molar-refractivity contribution in [3.8, 4) is 28.5 Å². The molecule has 0 unspecified atom stereocenters. The summed E-state index contributed by atoms with van der Waals surface area (Å²) in [6, 6.07) is 51.7. The van der Waals surface area contributed by atoms with Crippen molar-refractivity contribution in [2.45, 2.75) is 0 Å². The zero-order valence-corrected chi connectivity index (χ0v) is 25.3. The van der Waals surface area contributed by atoms with Crippen molar-refractivity contribution in [3.63, 3.8) is 0 Å². The fourth-order valence-corrected chi connectivity index (χ4v) is 7.31. The molecular formula is C42H27N5. The number of rotatable bonds is 4. The van der Waals surface area contributed by atoms with Crippen LogP contribution in [0, 0.1) is 0 Å². The molecule has 0 N–H and O–H groups in total. The summed E-state index contributed by atoms with van der Waals surface area (Å²) >= 11 is 0. The standard InChI is InChI=1S/C42H27N5/c1-3-12-30(13-4-1)45-24-22-28-25-39-34(26-38(28)45)32-20-21-37-41(33-16-7-8-18-36(33)46(37)31-14-5-2-6-15-31)42(32)47(39)40-19-9-17-35(44-40)29-11-10-23-43-27-29/h1-27H. The Balaban J connectivity index is 1.37. The fraction of sp³-hybridized carbons (Fsp3) is 0. The van der Waals surface area contributed by atoms with Crippen molar-refractivity contribution in [3.05, 3.63) is 164 Å². The molecule has 0 fully saturated rings. The predicted octanol–water partition coefficient (Wildman–Crippen LogP) is 10.3. The van der Waals surface area contributed by atoms with Crippen molar-refractivity contribution in [1.29, 1.82) is 0 Å². The van der Waals surface area contributed by atoms with Gasteiger partial charge in [0, 0.05) is 62.5 Å². The van der Waals surface area contributed by atoms with E-state index in [1.165, 1.54) is 38.0 Å². The van der Waals surface area contributed by atoms with E-state index in [0.29, 0.717) is 0 Å². The van der Waals surface area contributed by atoms with Crippen LogP contribution in [0.1, 0.15) is 0 Å². The van der Waals surface area contributed by atoms with Gasteiger partial charge in [0.25, 0.3) is 0 Å². The summed E-state index contributed by atoms with van der Waals surface area (Å²) < 4.78 is 7.03. The Bertz CT molecular complexity index is 2770. The molecule has 47 heavy (non-hydrogen) atoms. The van der Waals surface area contributed by atoms with E-state index >= 15 is 0 Å². The summed E-state index contributed by atoms with van der Waals surface area (Å²) in [5, 5.41) is 5.98. The van der Waals surface area contributed by atoms with Gasteiger partial charge in [-0.05, 0) is 78.9 Å². The minimum atomic E-state index is 0.872. The van der Waals surface area contributed by atoms with E-state index < -0.39 is 0 Å². The highest BCUT2D eigenvalue weighted by Crippen LogP contribution is 2.43. The second-order valence-corrected chi connectivity index (χ2v) is 12.0. The van der Waals surface area contributed by atoms with E-state index in [-0.39, 0.29) is 0 Å². The maximum atomic E-state index is 5.28. The molecule has 0 aliphatic heterocycles. The van der Waals surface area contributed by atoms with E-state index in [0.717, 1.165) is 45.0 Å². The van der Waals surface area contributed by atoms with Crippen LogP contribution in [-0.2, 0) is 0 Å². The Labute approximate surface area is 270 Å². The monoisotopic (exact) mass is 601 g/mol. The van der Waals surface area contributed by atoms with Crippen molar-refractivity contribution in [1.82, 2.24) is 23.7 Å². The second kappa shape index (κ2) is 10.0. The minimum absolute atomic E-state index is 0.872. The zero-order valence-electron chi connectivity index (χ0n) is 25.3. The van der Waals surface area contributed by atoms with Gasteiger partial charge in [0.05, 0.1) is 33.3 Å². The third-order valence-electron chi connectivity index (χ3n) is 9.34. The van der Waals surface area contributed by atoms with Crippen LogP contribution in [0.2, 0.25) is 0 Å². The van der Waals surface area contributed by atoms with Gasteiger partial charge >= 0.3 is 0 Å². The fourth-order valence-electron chi connectivity index (χ4n) is 7.31. The first kappa shape index (κ1) is 25.8. The van der Waals surface area contributed by atoms with Gasteiger partial charge in [-0.15, -0.1) is 0 Å². The molecule has 10 rings (SSSR count). The molecule has 0 saturated carbocycles. The Hall–Kier alpha value is -6.46. The van der Waals surface area contributed by atoms with E-state index in [4.69, 9.17) is 4.98 Å². The van der Waals surface area contributed by atoms with E-state index in [1.54, 1.807) is 6.20 Å². The van der Waals surface area contributed by atoms with Crippen molar-refractivity contribution < 1.29 is 0 Å². The molecule has 0 saturated heterocycles. The van der Waals surface area contributed by atoms with Gasteiger partial charge < -0.3 is 9.13 Å². The molecule has 0 amide bonds. The maximum Gasteiger partial charge on any atom is 0.138 e.